The van der Waals surface area contributed by atoms with Crippen molar-refractivity contribution in [2.24, 2.45) is 0 Å². The molecule has 0 fully saturated rings. The molecule has 0 atom stereocenters. The van der Waals surface area contributed by atoms with Gasteiger partial charge in [-0.1, -0.05) is 109 Å². The number of hydrogen-bond donors (Lipinski definition) is 0. The highest BCUT2D eigenvalue weighted by Crippen LogP contribution is 2.38. The van der Waals surface area contributed by atoms with Crippen LogP contribution in [0.2, 0.25) is 0 Å². The van der Waals surface area contributed by atoms with Gasteiger partial charge in [0.1, 0.15) is 34.5 Å². The molecule has 0 aliphatic heterocycles. The lowest BCUT2D eigenvalue weighted by Crippen LogP contribution is -2.09. The van der Waals surface area contributed by atoms with E-state index in [4.69, 9.17) is 28.4 Å². The Labute approximate surface area is 429 Å². The Morgan fingerprint density at radius 3 is 0.548 bits per heavy atom. The summed E-state index contributed by atoms with van der Waals surface area (Å²) in [5, 5.41) is 0. The number of anilines is 3. The Morgan fingerprint density at radius 1 is 0.233 bits per heavy atom. The third-order valence-electron chi connectivity index (χ3n) is 12.8. The van der Waals surface area contributed by atoms with Gasteiger partial charge in [0.25, 0.3) is 0 Å². The summed E-state index contributed by atoms with van der Waals surface area (Å²) in [5.74, 6) is 4.83. The van der Waals surface area contributed by atoms with Crippen LogP contribution in [0.25, 0.3) is 34.9 Å². The quantitative estimate of drug-likeness (QED) is 0.0794. The van der Waals surface area contributed by atoms with E-state index in [-0.39, 0.29) is 0 Å². The maximum Gasteiger partial charge on any atom is 0.118 e. The third-order valence-corrected chi connectivity index (χ3v) is 12.8. The van der Waals surface area contributed by atoms with Crippen LogP contribution in [0.5, 0.6) is 34.5 Å². The minimum Gasteiger partial charge on any atom is -0.497 e. The van der Waals surface area contributed by atoms with Gasteiger partial charge in [0.05, 0.1) is 42.7 Å². The monoisotopic (exact) mass is 959 g/mol. The van der Waals surface area contributed by atoms with Gasteiger partial charge in [0.2, 0.25) is 0 Å². The van der Waals surface area contributed by atoms with Crippen LogP contribution in [-0.4, -0.2) is 42.7 Å². The summed E-state index contributed by atoms with van der Waals surface area (Å²) in [6, 6.07) is 75.2. The second kappa shape index (κ2) is 23.1. The Hall–Kier alpha value is -9.20. The van der Waals surface area contributed by atoms with E-state index in [2.05, 4.69) is 169 Å². The van der Waals surface area contributed by atoms with Gasteiger partial charge in [-0.2, -0.15) is 0 Å². The van der Waals surface area contributed by atoms with Crippen molar-refractivity contribution < 1.29 is 28.4 Å². The number of benzene rings is 9. The van der Waals surface area contributed by atoms with E-state index in [1.165, 1.54) is 0 Å². The van der Waals surface area contributed by atoms with E-state index in [1.807, 2.05) is 72.8 Å². The average Bonchev–Trinajstić information content (AvgIpc) is 3.46. The average molecular weight is 960 g/mol. The lowest BCUT2D eigenvalue weighted by atomic mass is 9.95. The van der Waals surface area contributed by atoms with Crippen LogP contribution in [0, 0.1) is 0 Å². The molecule has 9 aromatic carbocycles. The maximum atomic E-state index is 5.50. The molecule has 0 radical (unpaired) electrons. The lowest BCUT2D eigenvalue weighted by molar-refractivity contribution is 0.414. The second-order valence-electron chi connectivity index (χ2n) is 17.2. The topological polar surface area (TPSA) is 58.6 Å². The first-order valence-electron chi connectivity index (χ1n) is 24.0. The fraction of sp³-hybridized carbons (Fsp3) is 0.0909. The first kappa shape index (κ1) is 48.8. The third kappa shape index (κ3) is 11.7. The van der Waals surface area contributed by atoms with Crippen molar-refractivity contribution in [1.29, 1.82) is 0 Å². The molecule has 0 amide bonds. The molecule has 7 heteroatoms. The molecule has 362 valence electrons. The summed E-state index contributed by atoms with van der Waals surface area (Å²) < 4.78 is 33.0. The highest BCUT2D eigenvalue weighted by atomic mass is 16.5. The molecule has 7 nitrogen and oxygen atoms in total. The highest BCUT2D eigenvalue weighted by Gasteiger charge is 2.16. The first-order valence-corrected chi connectivity index (χ1v) is 24.0. The van der Waals surface area contributed by atoms with Crippen molar-refractivity contribution >= 4 is 52.0 Å². The fourth-order valence-corrected chi connectivity index (χ4v) is 8.73. The van der Waals surface area contributed by atoms with Gasteiger partial charge in [0, 0.05) is 17.1 Å². The summed E-state index contributed by atoms with van der Waals surface area (Å²) in [6.45, 7) is 0. The number of ether oxygens (including phenoxy) is 6. The van der Waals surface area contributed by atoms with E-state index in [0.29, 0.717) is 0 Å². The van der Waals surface area contributed by atoms with Crippen LogP contribution < -0.4 is 33.3 Å². The van der Waals surface area contributed by atoms with Gasteiger partial charge < -0.3 is 33.3 Å². The van der Waals surface area contributed by atoms with E-state index >= 15 is 0 Å². The summed E-state index contributed by atoms with van der Waals surface area (Å²) in [7, 11) is 10.1. The molecule has 73 heavy (non-hydrogen) atoms. The van der Waals surface area contributed by atoms with Crippen LogP contribution in [0.15, 0.2) is 218 Å². The predicted molar refractivity (Wildman–Crippen MR) is 300 cm³/mol. The SMILES string of the molecule is COc1ccc(C(=Cc2ccc(N(c3ccc(C=C(c4ccc(OC)cc4)c4ccc(OC)cc4)cc3)c3ccc(C=C(c4ccc(OC)cc4)c4ccc(OC)cc4)cc3)cc2)c2ccc(OC)cc2)cc1. The van der Waals surface area contributed by atoms with Crippen molar-refractivity contribution in [3.63, 3.8) is 0 Å². The molecule has 0 N–H and O–H groups in total. The van der Waals surface area contributed by atoms with Crippen molar-refractivity contribution in [2.75, 3.05) is 47.6 Å². The molecule has 0 bridgehead atoms. The maximum absolute atomic E-state index is 5.50. The zero-order chi connectivity index (χ0) is 50.5. The van der Waals surface area contributed by atoms with Crippen molar-refractivity contribution in [1.82, 2.24) is 0 Å². The van der Waals surface area contributed by atoms with Crippen molar-refractivity contribution in [3.8, 4) is 34.5 Å². The minimum atomic E-state index is 0.806. The first-order chi connectivity index (χ1) is 35.8. The van der Waals surface area contributed by atoms with Crippen LogP contribution in [-0.2, 0) is 0 Å². The molecule has 0 aliphatic carbocycles. The van der Waals surface area contributed by atoms with E-state index in [0.717, 1.165) is 118 Å². The number of methoxy groups -OCH3 is 6. The largest absolute Gasteiger partial charge is 0.497 e. The Balaban J connectivity index is 1.11. The van der Waals surface area contributed by atoms with Crippen LogP contribution in [0.1, 0.15) is 50.1 Å². The summed E-state index contributed by atoms with van der Waals surface area (Å²) in [5.41, 5.74) is 15.9. The van der Waals surface area contributed by atoms with Crippen molar-refractivity contribution in [3.05, 3.63) is 268 Å². The van der Waals surface area contributed by atoms with Gasteiger partial charge in [-0.05, 0) is 194 Å². The minimum absolute atomic E-state index is 0.806. The molecule has 0 spiro atoms. The molecule has 0 aromatic heterocycles. The molecule has 9 aromatic rings. The molecule has 0 saturated heterocycles. The normalized spacial score (nSPS) is 10.6. The Morgan fingerprint density at radius 2 is 0.397 bits per heavy atom. The number of rotatable bonds is 18. The second-order valence-corrected chi connectivity index (χ2v) is 17.2. The fourth-order valence-electron chi connectivity index (χ4n) is 8.73. The lowest BCUT2D eigenvalue weighted by Gasteiger charge is -2.26. The summed E-state index contributed by atoms with van der Waals surface area (Å²) in [4.78, 5) is 2.30. The predicted octanol–water partition coefficient (Wildman–Crippen LogP) is 16.0. The molecule has 9 rings (SSSR count). The zero-order valence-electron chi connectivity index (χ0n) is 41.9. The van der Waals surface area contributed by atoms with Gasteiger partial charge in [-0.3, -0.25) is 0 Å². The van der Waals surface area contributed by atoms with Crippen molar-refractivity contribution in [2.45, 2.75) is 0 Å². The van der Waals surface area contributed by atoms with Gasteiger partial charge >= 0.3 is 0 Å². The Bertz CT molecular complexity index is 2790. The van der Waals surface area contributed by atoms with Crippen LogP contribution in [0.3, 0.4) is 0 Å². The molecule has 0 unspecified atom stereocenters. The standard InChI is InChI=1S/C66H57NO6/c1-68-58-31-13-49(14-32-58)64(50-15-33-59(69-2)34-16-50)43-46-7-25-55(26-8-46)67(56-27-9-47(10-28-56)44-65(51-17-35-60(70-3)36-18-51)52-19-37-61(71-4)38-20-52)57-29-11-48(12-30-57)45-66(53-21-39-62(72-5)40-22-53)54-23-41-63(73-6)42-24-54/h7-45H,1-6H3. The van der Waals surface area contributed by atoms with Gasteiger partial charge in [0.15, 0.2) is 0 Å². The summed E-state index contributed by atoms with van der Waals surface area (Å²) >= 11 is 0. The highest BCUT2D eigenvalue weighted by molar-refractivity contribution is 5.94. The molecular weight excluding hydrogens is 903 g/mol. The Kier molecular flexibility index (Phi) is 15.5. The van der Waals surface area contributed by atoms with E-state index < -0.39 is 0 Å². The summed E-state index contributed by atoms with van der Waals surface area (Å²) in [6.07, 6.45) is 6.69. The zero-order valence-corrected chi connectivity index (χ0v) is 41.9. The molecule has 0 saturated carbocycles. The molecular formula is C66H57NO6. The molecule has 0 aliphatic rings. The number of hydrogen-bond acceptors (Lipinski definition) is 7. The van der Waals surface area contributed by atoms with Gasteiger partial charge in [-0.15, -0.1) is 0 Å². The van der Waals surface area contributed by atoms with E-state index in [1.54, 1.807) is 42.7 Å². The van der Waals surface area contributed by atoms with Gasteiger partial charge in [-0.25, -0.2) is 0 Å². The van der Waals surface area contributed by atoms with Crippen LogP contribution >= 0.6 is 0 Å². The van der Waals surface area contributed by atoms with E-state index in [9.17, 15) is 0 Å². The smallest absolute Gasteiger partial charge is 0.118 e. The molecule has 0 heterocycles. The van der Waals surface area contributed by atoms with Crippen LogP contribution in [0.4, 0.5) is 17.1 Å². The number of nitrogens with zero attached hydrogens (tertiary/aromatic N) is 1.